The van der Waals surface area contributed by atoms with Crippen LogP contribution >= 0.6 is 0 Å². The van der Waals surface area contributed by atoms with Gasteiger partial charge in [-0.15, -0.1) is 0 Å². The molecule has 94 valence electrons. The Morgan fingerprint density at radius 1 is 1.38 bits per heavy atom. The van der Waals surface area contributed by atoms with Crippen LogP contribution in [0.15, 0.2) is 0 Å². The monoisotopic (exact) mass is 238 g/mol. The molecule has 2 rings (SSSR count). The van der Waals surface area contributed by atoms with Crippen molar-refractivity contribution in [3.63, 3.8) is 0 Å². The number of aliphatic hydroxyl groups is 1. The maximum Gasteiger partial charge on any atom is 0.261 e. The molecule has 2 unspecified atom stereocenters. The van der Waals surface area contributed by atoms with Crippen molar-refractivity contribution in [3.8, 4) is 0 Å². The van der Waals surface area contributed by atoms with Gasteiger partial charge in [-0.3, -0.25) is 0 Å². The molecule has 1 spiro atoms. The fourth-order valence-electron chi connectivity index (χ4n) is 2.22. The minimum Gasteiger partial charge on any atom is -0.390 e. The third-order valence-electron chi connectivity index (χ3n) is 3.01. The van der Waals surface area contributed by atoms with Crippen molar-refractivity contribution < 1.29 is 28.1 Å². The molecule has 16 heavy (non-hydrogen) atoms. The summed E-state index contributed by atoms with van der Waals surface area (Å²) in [5, 5.41) is 9.64. The number of ether oxygens (including phenoxy) is 3. The first-order valence-corrected chi connectivity index (χ1v) is 5.47. The van der Waals surface area contributed by atoms with Crippen LogP contribution in [-0.2, 0) is 14.2 Å². The maximum absolute atomic E-state index is 12.0. The number of aliphatic hydroxyl groups excluding tert-OH is 1. The highest BCUT2D eigenvalue weighted by Gasteiger charge is 2.45. The first-order chi connectivity index (χ1) is 7.61. The lowest BCUT2D eigenvalue weighted by Crippen LogP contribution is -2.46. The number of alkyl halides is 2. The highest BCUT2D eigenvalue weighted by atomic mass is 19.3. The van der Waals surface area contributed by atoms with Crippen molar-refractivity contribution >= 4 is 0 Å². The highest BCUT2D eigenvalue weighted by molar-refractivity contribution is 4.88. The standard InChI is InChI=1S/C10H16F2O4/c11-9(12)6-14-8-5-10(2-1-7(8)13)15-3-4-16-10/h7-9,13H,1-6H2. The first kappa shape index (κ1) is 12.2. The summed E-state index contributed by atoms with van der Waals surface area (Å²) >= 11 is 0. The molecule has 4 nitrogen and oxygen atoms in total. The Balaban J connectivity index is 1.89. The molecule has 2 atom stereocenters. The molecule has 1 N–H and O–H groups in total. The molecule has 2 fully saturated rings. The highest BCUT2D eigenvalue weighted by Crippen LogP contribution is 2.37. The summed E-state index contributed by atoms with van der Waals surface area (Å²) in [5.41, 5.74) is 0. The first-order valence-electron chi connectivity index (χ1n) is 5.47. The Hall–Kier alpha value is -0.300. The summed E-state index contributed by atoms with van der Waals surface area (Å²) in [6, 6.07) is 0. The van der Waals surface area contributed by atoms with Gasteiger partial charge >= 0.3 is 0 Å². The van der Waals surface area contributed by atoms with Crippen LogP contribution in [-0.4, -0.2) is 49.3 Å². The zero-order valence-electron chi connectivity index (χ0n) is 8.90. The van der Waals surface area contributed by atoms with Gasteiger partial charge in [-0.25, -0.2) is 8.78 Å². The summed E-state index contributed by atoms with van der Waals surface area (Å²) in [7, 11) is 0. The Kier molecular flexibility index (Phi) is 3.73. The Bertz CT molecular complexity index is 231. The van der Waals surface area contributed by atoms with E-state index >= 15 is 0 Å². The Morgan fingerprint density at radius 2 is 2.06 bits per heavy atom. The van der Waals surface area contributed by atoms with Gasteiger partial charge in [0.2, 0.25) is 0 Å². The number of halogens is 2. The van der Waals surface area contributed by atoms with Crippen molar-refractivity contribution in [1.82, 2.24) is 0 Å². The van der Waals surface area contributed by atoms with E-state index in [0.717, 1.165) is 0 Å². The molecule has 1 saturated heterocycles. The van der Waals surface area contributed by atoms with Gasteiger partial charge in [0.25, 0.3) is 6.43 Å². The van der Waals surface area contributed by atoms with Crippen LogP contribution in [0, 0.1) is 0 Å². The molecule has 0 aromatic heterocycles. The van der Waals surface area contributed by atoms with Crippen molar-refractivity contribution in [2.24, 2.45) is 0 Å². The van der Waals surface area contributed by atoms with Crippen molar-refractivity contribution in [2.75, 3.05) is 19.8 Å². The topological polar surface area (TPSA) is 47.9 Å². The van der Waals surface area contributed by atoms with E-state index in [-0.39, 0.29) is 0 Å². The average molecular weight is 238 g/mol. The Morgan fingerprint density at radius 3 is 2.69 bits per heavy atom. The third-order valence-corrected chi connectivity index (χ3v) is 3.01. The molecule has 1 heterocycles. The molecule has 0 radical (unpaired) electrons. The van der Waals surface area contributed by atoms with E-state index in [4.69, 9.17) is 14.2 Å². The van der Waals surface area contributed by atoms with Crippen molar-refractivity contribution in [1.29, 1.82) is 0 Å². The predicted molar refractivity (Wildman–Crippen MR) is 50.2 cm³/mol. The molecule has 0 amide bonds. The van der Waals surface area contributed by atoms with Gasteiger partial charge in [-0.1, -0.05) is 0 Å². The van der Waals surface area contributed by atoms with Crippen LogP contribution in [0.4, 0.5) is 8.78 Å². The van der Waals surface area contributed by atoms with Crippen LogP contribution < -0.4 is 0 Å². The van der Waals surface area contributed by atoms with E-state index in [1.807, 2.05) is 0 Å². The van der Waals surface area contributed by atoms with Gasteiger partial charge in [0.15, 0.2) is 5.79 Å². The van der Waals surface area contributed by atoms with Gasteiger partial charge in [-0.05, 0) is 6.42 Å². The van der Waals surface area contributed by atoms with Crippen LogP contribution in [0.1, 0.15) is 19.3 Å². The number of hydrogen-bond acceptors (Lipinski definition) is 4. The predicted octanol–water partition coefficient (Wildman–Crippen LogP) is 0.925. The zero-order valence-corrected chi connectivity index (χ0v) is 8.90. The molecule has 0 aromatic carbocycles. The maximum atomic E-state index is 12.0. The molecule has 0 bridgehead atoms. The van der Waals surface area contributed by atoms with Gasteiger partial charge in [0.05, 0.1) is 25.4 Å². The fraction of sp³-hybridized carbons (Fsp3) is 1.00. The van der Waals surface area contributed by atoms with Crippen LogP contribution in [0.2, 0.25) is 0 Å². The van der Waals surface area contributed by atoms with Crippen molar-refractivity contribution in [3.05, 3.63) is 0 Å². The Labute approximate surface area is 92.5 Å². The van der Waals surface area contributed by atoms with Gasteiger partial charge in [0, 0.05) is 12.8 Å². The quantitative estimate of drug-likeness (QED) is 0.794. The SMILES string of the molecule is OC1CCC2(CC1OCC(F)F)OCCO2. The normalized spacial score (nSPS) is 33.8. The molecule has 1 aliphatic carbocycles. The molecule has 2 aliphatic rings. The van der Waals surface area contributed by atoms with Gasteiger partial charge in [0.1, 0.15) is 6.61 Å². The van der Waals surface area contributed by atoms with Crippen molar-refractivity contribution in [2.45, 2.75) is 43.7 Å². The smallest absolute Gasteiger partial charge is 0.261 e. The molecule has 0 aromatic rings. The summed E-state index contributed by atoms with van der Waals surface area (Å²) in [4.78, 5) is 0. The summed E-state index contributed by atoms with van der Waals surface area (Å²) in [6.07, 6.45) is -2.49. The molecule has 1 saturated carbocycles. The summed E-state index contributed by atoms with van der Waals surface area (Å²) in [6.45, 7) is 0.368. The van der Waals surface area contributed by atoms with E-state index < -0.39 is 31.0 Å². The van der Waals surface area contributed by atoms with E-state index in [2.05, 4.69) is 0 Å². The molecule has 6 heteroatoms. The minimum absolute atomic E-state index is 0.320. The minimum atomic E-state index is -2.52. The number of rotatable bonds is 3. The second kappa shape index (κ2) is 4.91. The average Bonchev–Trinajstić information content (AvgIpc) is 2.68. The van der Waals surface area contributed by atoms with Gasteiger partial charge < -0.3 is 19.3 Å². The molecular formula is C10H16F2O4. The molecular weight excluding hydrogens is 222 g/mol. The van der Waals surface area contributed by atoms with E-state index in [1.165, 1.54) is 0 Å². The third kappa shape index (κ3) is 2.68. The number of hydrogen-bond donors (Lipinski definition) is 1. The molecule has 1 aliphatic heterocycles. The lowest BCUT2D eigenvalue weighted by Gasteiger charge is -2.38. The van der Waals surface area contributed by atoms with E-state index in [0.29, 0.717) is 32.5 Å². The van der Waals surface area contributed by atoms with Crippen LogP contribution in [0.5, 0.6) is 0 Å². The van der Waals surface area contributed by atoms with Gasteiger partial charge in [-0.2, -0.15) is 0 Å². The zero-order chi connectivity index (χ0) is 11.6. The lowest BCUT2D eigenvalue weighted by molar-refractivity contribution is -0.225. The second-order valence-corrected chi connectivity index (χ2v) is 4.18. The lowest BCUT2D eigenvalue weighted by atomic mass is 9.89. The van der Waals surface area contributed by atoms with Crippen LogP contribution in [0.25, 0.3) is 0 Å². The largest absolute Gasteiger partial charge is 0.390 e. The van der Waals surface area contributed by atoms with Crippen LogP contribution in [0.3, 0.4) is 0 Å². The second-order valence-electron chi connectivity index (χ2n) is 4.18. The fourth-order valence-corrected chi connectivity index (χ4v) is 2.22. The van der Waals surface area contributed by atoms with E-state index in [1.54, 1.807) is 0 Å². The summed E-state index contributed by atoms with van der Waals surface area (Å²) in [5.74, 6) is -0.716. The summed E-state index contributed by atoms with van der Waals surface area (Å²) < 4.78 is 39.9. The van der Waals surface area contributed by atoms with E-state index in [9.17, 15) is 13.9 Å².